The number of carbonyl (C=O) groups is 1. The van der Waals surface area contributed by atoms with E-state index >= 15 is 0 Å². The van der Waals surface area contributed by atoms with Crippen molar-refractivity contribution < 1.29 is 17.9 Å². The zero-order valence-corrected chi connectivity index (χ0v) is 25.7. The van der Waals surface area contributed by atoms with Crippen LogP contribution in [0.25, 0.3) is 0 Å². The molecule has 2 N–H and O–H groups in total. The van der Waals surface area contributed by atoms with Crippen LogP contribution in [0.1, 0.15) is 61.6 Å². The average Bonchev–Trinajstić information content (AvgIpc) is 3.44. The molecule has 0 spiro atoms. The number of ether oxygens (including phenoxy) is 1. The van der Waals surface area contributed by atoms with Gasteiger partial charge in [-0.2, -0.15) is 0 Å². The minimum Gasteiger partial charge on any atom is -0.497 e. The first-order chi connectivity index (χ1) is 19.1. The van der Waals surface area contributed by atoms with Gasteiger partial charge in [0.05, 0.1) is 22.7 Å². The predicted molar refractivity (Wildman–Crippen MR) is 161 cm³/mol. The monoisotopic (exact) mass is 590 g/mol. The Balaban J connectivity index is 1.23. The highest BCUT2D eigenvalue weighted by atomic mass is 35.5. The molecule has 10 heteroatoms. The van der Waals surface area contributed by atoms with Crippen LogP contribution in [-0.4, -0.2) is 64.5 Å². The Labute approximate surface area is 244 Å². The van der Waals surface area contributed by atoms with Crippen molar-refractivity contribution in [3.8, 4) is 5.75 Å². The van der Waals surface area contributed by atoms with Crippen LogP contribution < -0.4 is 20.3 Å². The van der Waals surface area contributed by atoms with Gasteiger partial charge in [-0.25, -0.2) is 12.7 Å². The van der Waals surface area contributed by atoms with Crippen LogP contribution in [0.2, 0.25) is 5.02 Å². The first-order valence-corrected chi connectivity index (χ1v) is 16.1. The SMILES string of the molecule is COc1cc(C)c(S(=O)(=O)N(C)CCC(=O)NC2CCN(c3ccc(CNC4CCCC4)cc3Cl)CC2)c(C)c1. The quantitative estimate of drug-likeness (QED) is 0.391. The standard InChI is InChI=1S/C30H43ClN4O4S/c1-21-17-26(39-4)18-22(2)30(21)40(37,38)34(3)14-13-29(36)33-25-11-15-35(16-12-25)28-10-9-23(19-27(28)31)20-32-24-7-5-6-8-24/h9-10,17-19,24-25,32H,5-8,11-16,20H2,1-4H3,(H,33,36). The molecule has 0 atom stereocenters. The van der Waals surface area contributed by atoms with Crippen molar-refractivity contribution in [2.24, 2.45) is 0 Å². The Kier molecular flexibility index (Phi) is 10.4. The second kappa shape index (κ2) is 13.6. The molecule has 0 unspecified atom stereocenters. The van der Waals surface area contributed by atoms with Crippen molar-refractivity contribution in [3.63, 3.8) is 0 Å². The smallest absolute Gasteiger partial charge is 0.243 e. The maximum absolute atomic E-state index is 13.2. The normalized spacial score (nSPS) is 17.0. The molecule has 1 amide bonds. The van der Waals surface area contributed by atoms with E-state index in [2.05, 4.69) is 33.7 Å². The molecule has 2 fully saturated rings. The van der Waals surface area contributed by atoms with Gasteiger partial charge in [0.15, 0.2) is 0 Å². The van der Waals surface area contributed by atoms with E-state index < -0.39 is 10.0 Å². The molecular formula is C30H43ClN4O4S. The summed E-state index contributed by atoms with van der Waals surface area (Å²) in [6, 6.07) is 10.4. The summed E-state index contributed by atoms with van der Waals surface area (Å²) in [6.45, 7) is 6.06. The molecule has 1 aliphatic heterocycles. The second-order valence-corrected chi connectivity index (χ2v) is 13.5. The molecule has 2 aromatic carbocycles. The topological polar surface area (TPSA) is 91.0 Å². The number of piperidine rings is 1. The van der Waals surface area contributed by atoms with Crippen LogP contribution in [-0.2, 0) is 21.4 Å². The molecule has 8 nitrogen and oxygen atoms in total. The van der Waals surface area contributed by atoms with E-state index in [1.165, 1.54) is 42.6 Å². The molecule has 1 heterocycles. The molecule has 4 rings (SSSR count). The Bertz CT molecular complexity index is 1270. The number of nitrogens with one attached hydrogen (secondary N) is 2. The summed E-state index contributed by atoms with van der Waals surface area (Å²) in [5, 5.41) is 7.50. The largest absolute Gasteiger partial charge is 0.497 e. The van der Waals surface area contributed by atoms with E-state index in [4.69, 9.17) is 16.3 Å². The number of nitrogens with zero attached hydrogens (tertiary/aromatic N) is 2. The third-order valence-corrected chi connectivity index (χ3v) is 10.6. The van der Waals surface area contributed by atoms with E-state index in [-0.39, 0.29) is 29.8 Å². The van der Waals surface area contributed by atoms with E-state index in [9.17, 15) is 13.2 Å². The summed E-state index contributed by atoms with van der Waals surface area (Å²) in [4.78, 5) is 15.2. The van der Waals surface area contributed by atoms with Gasteiger partial charge in [-0.05, 0) is 80.5 Å². The third kappa shape index (κ3) is 7.49. The van der Waals surface area contributed by atoms with Crippen molar-refractivity contribution in [1.29, 1.82) is 0 Å². The molecular weight excluding hydrogens is 548 g/mol. The highest BCUT2D eigenvalue weighted by molar-refractivity contribution is 7.89. The molecule has 0 bridgehead atoms. The van der Waals surface area contributed by atoms with E-state index in [1.807, 2.05) is 0 Å². The highest BCUT2D eigenvalue weighted by Gasteiger charge is 2.27. The minimum absolute atomic E-state index is 0.0606. The van der Waals surface area contributed by atoms with Gasteiger partial charge >= 0.3 is 0 Å². The Morgan fingerprint density at radius 1 is 1.05 bits per heavy atom. The molecule has 1 saturated carbocycles. The van der Waals surface area contributed by atoms with Gasteiger partial charge in [0, 0.05) is 51.7 Å². The molecule has 2 aliphatic rings. The van der Waals surface area contributed by atoms with Gasteiger partial charge in [0.2, 0.25) is 15.9 Å². The van der Waals surface area contributed by atoms with Crippen LogP contribution in [0.5, 0.6) is 5.75 Å². The predicted octanol–water partition coefficient (Wildman–Crippen LogP) is 4.79. The number of rotatable bonds is 11. The van der Waals surface area contributed by atoms with Gasteiger partial charge in [0.1, 0.15) is 5.75 Å². The maximum Gasteiger partial charge on any atom is 0.243 e. The number of sulfonamides is 1. The zero-order valence-electron chi connectivity index (χ0n) is 24.1. The van der Waals surface area contributed by atoms with Crippen LogP contribution in [0, 0.1) is 13.8 Å². The number of halogens is 1. The Morgan fingerprint density at radius 3 is 2.30 bits per heavy atom. The summed E-state index contributed by atoms with van der Waals surface area (Å²) in [7, 11) is -0.660. The molecule has 0 radical (unpaired) electrons. The number of aryl methyl sites for hydroxylation is 2. The van der Waals surface area contributed by atoms with Crippen molar-refractivity contribution in [3.05, 3.63) is 52.0 Å². The second-order valence-electron chi connectivity index (χ2n) is 11.1. The van der Waals surface area contributed by atoms with Gasteiger partial charge < -0.3 is 20.3 Å². The molecule has 1 aliphatic carbocycles. The summed E-state index contributed by atoms with van der Waals surface area (Å²) in [6.07, 6.45) is 6.88. The fourth-order valence-electron chi connectivity index (χ4n) is 5.84. The summed E-state index contributed by atoms with van der Waals surface area (Å²) < 4.78 is 33.0. The number of hydrogen-bond donors (Lipinski definition) is 2. The first kappa shape index (κ1) is 30.6. The molecule has 40 heavy (non-hydrogen) atoms. The number of methoxy groups -OCH3 is 1. The van der Waals surface area contributed by atoms with Gasteiger partial charge in [-0.15, -0.1) is 0 Å². The number of anilines is 1. The number of carbonyl (C=O) groups excluding carboxylic acids is 1. The lowest BCUT2D eigenvalue weighted by molar-refractivity contribution is -0.122. The fourth-order valence-corrected chi connectivity index (χ4v) is 7.74. The van der Waals surface area contributed by atoms with Crippen molar-refractivity contribution >= 4 is 33.2 Å². The molecule has 2 aromatic rings. The summed E-state index contributed by atoms with van der Waals surface area (Å²) in [5.41, 5.74) is 3.48. The Hall–Kier alpha value is -2.33. The lowest BCUT2D eigenvalue weighted by Crippen LogP contribution is -2.45. The van der Waals surface area contributed by atoms with E-state index in [1.54, 1.807) is 33.1 Å². The number of hydrogen-bond acceptors (Lipinski definition) is 6. The van der Waals surface area contributed by atoms with Crippen LogP contribution in [0.15, 0.2) is 35.2 Å². The van der Waals surface area contributed by atoms with E-state index in [0.717, 1.165) is 43.2 Å². The lowest BCUT2D eigenvalue weighted by Gasteiger charge is -2.34. The highest BCUT2D eigenvalue weighted by Crippen LogP contribution is 2.30. The average molecular weight is 591 g/mol. The zero-order chi connectivity index (χ0) is 28.9. The minimum atomic E-state index is -3.73. The van der Waals surface area contributed by atoms with Crippen molar-refractivity contribution in [1.82, 2.24) is 14.9 Å². The van der Waals surface area contributed by atoms with Crippen molar-refractivity contribution in [2.75, 3.05) is 38.7 Å². The summed E-state index contributed by atoms with van der Waals surface area (Å²) in [5.74, 6) is 0.481. The Morgan fingerprint density at radius 2 is 1.70 bits per heavy atom. The van der Waals surface area contributed by atoms with Gasteiger partial charge in [0.25, 0.3) is 0 Å². The van der Waals surface area contributed by atoms with Crippen LogP contribution in [0.4, 0.5) is 5.69 Å². The molecule has 1 saturated heterocycles. The summed E-state index contributed by atoms with van der Waals surface area (Å²) >= 11 is 6.67. The first-order valence-electron chi connectivity index (χ1n) is 14.3. The van der Waals surface area contributed by atoms with Crippen LogP contribution in [0.3, 0.4) is 0 Å². The number of benzene rings is 2. The maximum atomic E-state index is 13.2. The van der Waals surface area contributed by atoms with Crippen molar-refractivity contribution in [2.45, 2.75) is 82.3 Å². The fraction of sp³-hybridized carbons (Fsp3) is 0.567. The van der Waals surface area contributed by atoms with Gasteiger partial charge in [-0.3, -0.25) is 4.79 Å². The third-order valence-electron chi connectivity index (χ3n) is 8.15. The lowest BCUT2D eigenvalue weighted by atomic mass is 10.0. The number of amides is 1. The van der Waals surface area contributed by atoms with Crippen LogP contribution >= 0.6 is 11.6 Å². The molecule has 0 aromatic heterocycles. The van der Waals surface area contributed by atoms with Gasteiger partial charge in [-0.1, -0.05) is 30.5 Å². The van der Waals surface area contributed by atoms with E-state index in [0.29, 0.717) is 22.9 Å². The molecule has 220 valence electrons.